The van der Waals surface area contributed by atoms with Crippen LogP contribution in [0.4, 0.5) is 0 Å². The highest BCUT2D eigenvalue weighted by Gasteiger charge is 2.17. The quantitative estimate of drug-likeness (QED) is 0.889. The average molecular weight is 323 g/mol. The molecule has 5 nitrogen and oxygen atoms in total. The van der Waals surface area contributed by atoms with Gasteiger partial charge in [0, 0.05) is 42.1 Å². The first-order valence-electron chi connectivity index (χ1n) is 7.38. The summed E-state index contributed by atoms with van der Waals surface area (Å²) in [6.07, 6.45) is 1.03. The van der Waals surface area contributed by atoms with Crippen LogP contribution in [0.25, 0.3) is 10.9 Å². The van der Waals surface area contributed by atoms with Crippen LogP contribution in [0.3, 0.4) is 0 Å². The molecule has 2 aromatic rings. The number of nitrogens with one attached hydrogen (secondary N) is 2. The van der Waals surface area contributed by atoms with Crippen molar-refractivity contribution in [3.8, 4) is 5.75 Å². The second-order valence-electron chi connectivity index (χ2n) is 5.61. The zero-order valence-corrected chi connectivity index (χ0v) is 13.2. The minimum absolute atomic E-state index is 0.0560. The van der Waals surface area contributed by atoms with Crippen molar-refractivity contribution >= 4 is 28.4 Å². The number of carbonyl (C=O) groups excluding carboxylic acids is 1. The van der Waals surface area contributed by atoms with Crippen LogP contribution in [0, 0.1) is 5.92 Å². The summed E-state index contributed by atoms with van der Waals surface area (Å²) >= 11 is 6.29. The molecular formula is C16H19ClN2O3. The van der Waals surface area contributed by atoms with E-state index in [-0.39, 0.29) is 5.91 Å². The maximum Gasteiger partial charge on any atom is 0.217 e. The molecule has 1 amide bonds. The van der Waals surface area contributed by atoms with E-state index in [9.17, 15) is 4.79 Å². The Morgan fingerprint density at radius 1 is 1.50 bits per heavy atom. The van der Waals surface area contributed by atoms with Gasteiger partial charge in [-0.2, -0.15) is 0 Å². The Labute approximate surface area is 133 Å². The van der Waals surface area contributed by atoms with Gasteiger partial charge < -0.3 is 19.8 Å². The maximum atomic E-state index is 11.0. The number of aromatic amines is 1. The number of ether oxygens (including phenoxy) is 2. The predicted molar refractivity (Wildman–Crippen MR) is 85.3 cm³/mol. The first-order valence-corrected chi connectivity index (χ1v) is 7.76. The van der Waals surface area contributed by atoms with Crippen molar-refractivity contribution in [2.24, 2.45) is 5.92 Å². The molecule has 0 saturated carbocycles. The minimum atomic E-state index is -0.0560. The van der Waals surface area contributed by atoms with Crippen LogP contribution < -0.4 is 10.1 Å². The zero-order chi connectivity index (χ0) is 15.5. The maximum absolute atomic E-state index is 11.0. The van der Waals surface area contributed by atoms with Crippen molar-refractivity contribution in [3.05, 3.63) is 28.9 Å². The van der Waals surface area contributed by atoms with Gasteiger partial charge in [-0.1, -0.05) is 11.6 Å². The van der Waals surface area contributed by atoms with E-state index in [0.29, 0.717) is 29.8 Å². The number of benzene rings is 1. The van der Waals surface area contributed by atoms with Crippen molar-refractivity contribution in [1.82, 2.24) is 10.3 Å². The van der Waals surface area contributed by atoms with Crippen LogP contribution in [0.1, 0.15) is 19.0 Å². The highest BCUT2D eigenvalue weighted by Crippen LogP contribution is 2.31. The lowest BCUT2D eigenvalue weighted by molar-refractivity contribution is -0.119. The number of H-pyrrole nitrogens is 1. The lowest BCUT2D eigenvalue weighted by atomic mass is 10.1. The Hall–Kier alpha value is -1.72. The molecule has 2 N–H and O–H groups in total. The normalized spacial score (nSPS) is 17.8. The third-order valence-electron chi connectivity index (χ3n) is 3.76. The third-order valence-corrected chi connectivity index (χ3v) is 4.05. The van der Waals surface area contributed by atoms with Crippen LogP contribution >= 0.6 is 11.6 Å². The second kappa shape index (κ2) is 6.58. The minimum Gasteiger partial charge on any atom is -0.492 e. The molecule has 0 radical (unpaired) electrons. The van der Waals surface area contributed by atoms with Crippen LogP contribution in [0.5, 0.6) is 5.75 Å². The monoisotopic (exact) mass is 322 g/mol. The molecule has 0 unspecified atom stereocenters. The summed E-state index contributed by atoms with van der Waals surface area (Å²) in [4.78, 5) is 14.2. The van der Waals surface area contributed by atoms with Crippen LogP contribution in [0.15, 0.2) is 18.2 Å². The van der Waals surface area contributed by atoms with E-state index in [4.69, 9.17) is 21.1 Å². The molecular weight excluding hydrogens is 304 g/mol. The van der Waals surface area contributed by atoms with E-state index in [1.165, 1.54) is 6.92 Å². The molecule has 0 aliphatic carbocycles. The van der Waals surface area contributed by atoms with E-state index >= 15 is 0 Å². The van der Waals surface area contributed by atoms with Crippen LogP contribution in [-0.4, -0.2) is 30.7 Å². The molecule has 1 atom stereocenters. The Kier molecular flexibility index (Phi) is 4.55. The van der Waals surface area contributed by atoms with Gasteiger partial charge >= 0.3 is 0 Å². The van der Waals surface area contributed by atoms with Crippen molar-refractivity contribution in [2.75, 3.05) is 19.8 Å². The molecule has 1 saturated heterocycles. The molecule has 1 aliphatic heterocycles. The van der Waals surface area contributed by atoms with Gasteiger partial charge in [-0.05, 0) is 18.6 Å². The summed E-state index contributed by atoms with van der Waals surface area (Å²) in [6.45, 7) is 4.15. The van der Waals surface area contributed by atoms with Gasteiger partial charge in [0.05, 0.1) is 24.8 Å². The summed E-state index contributed by atoms with van der Waals surface area (Å²) in [5.41, 5.74) is 1.88. The lowest BCUT2D eigenvalue weighted by Crippen LogP contribution is -2.18. The fourth-order valence-electron chi connectivity index (χ4n) is 2.54. The summed E-state index contributed by atoms with van der Waals surface area (Å²) in [6, 6.07) is 5.77. The lowest BCUT2D eigenvalue weighted by Gasteiger charge is -2.11. The van der Waals surface area contributed by atoms with Gasteiger partial charge in [-0.15, -0.1) is 0 Å². The van der Waals surface area contributed by atoms with Crippen molar-refractivity contribution in [2.45, 2.75) is 19.9 Å². The van der Waals surface area contributed by atoms with E-state index in [0.717, 1.165) is 36.2 Å². The van der Waals surface area contributed by atoms with E-state index < -0.39 is 0 Å². The molecule has 118 valence electrons. The highest BCUT2D eigenvalue weighted by molar-refractivity contribution is 6.32. The average Bonchev–Trinajstić information content (AvgIpc) is 3.11. The molecule has 1 aliphatic rings. The molecule has 22 heavy (non-hydrogen) atoms. The second-order valence-corrected chi connectivity index (χ2v) is 6.02. The Morgan fingerprint density at radius 2 is 2.36 bits per heavy atom. The smallest absolute Gasteiger partial charge is 0.217 e. The van der Waals surface area contributed by atoms with E-state index in [1.807, 2.05) is 18.2 Å². The first kappa shape index (κ1) is 15.2. The number of amides is 1. The molecule has 1 aromatic carbocycles. The van der Waals surface area contributed by atoms with Gasteiger partial charge in [-0.3, -0.25) is 4.79 Å². The molecule has 6 heteroatoms. The number of halogens is 1. The topological polar surface area (TPSA) is 63.4 Å². The third kappa shape index (κ3) is 3.54. The molecule has 0 spiro atoms. The molecule has 3 rings (SSSR count). The Balaban J connectivity index is 1.73. The highest BCUT2D eigenvalue weighted by atomic mass is 35.5. The SMILES string of the molecule is CC(=O)NCc1cc2cc(Cl)c(OC[C@H]3CCOC3)cc2[nH]1. The largest absolute Gasteiger partial charge is 0.492 e. The number of aromatic nitrogens is 1. The number of carbonyl (C=O) groups is 1. The van der Waals surface area contributed by atoms with Crippen LogP contribution in [0.2, 0.25) is 5.02 Å². The molecule has 1 aromatic heterocycles. The summed E-state index contributed by atoms with van der Waals surface area (Å²) in [5.74, 6) is 1.05. The molecule has 0 bridgehead atoms. The summed E-state index contributed by atoms with van der Waals surface area (Å²) in [5, 5.41) is 4.36. The Bertz CT molecular complexity index is 677. The summed E-state index contributed by atoms with van der Waals surface area (Å²) < 4.78 is 11.2. The fraction of sp³-hybridized carbons (Fsp3) is 0.438. The fourth-order valence-corrected chi connectivity index (χ4v) is 2.77. The van der Waals surface area contributed by atoms with Crippen molar-refractivity contribution in [1.29, 1.82) is 0 Å². The number of fused-ring (bicyclic) bond motifs is 1. The van der Waals surface area contributed by atoms with Gasteiger partial charge in [0.25, 0.3) is 0 Å². The summed E-state index contributed by atoms with van der Waals surface area (Å²) in [7, 11) is 0. The number of hydrogen-bond acceptors (Lipinski definition) is 3. The van der Waals surface area contributed by atoms with E-state index in [1.54, 1.807) is 0 Å². The van der Waals surface area contributed by atoms with Gasteiger partial charge in [0.15, 0.2) is 0 Å². The Morgan fingerprint density at radius 3 is 3.09 bits per heavy atom. The van der Waals surface area contributed by atoms with Gasteiger partial charge in [0.1, 0.15) is 5.75 Å². The van der Waals surface area contributed by atoms with Crippen molar-refractivity contribution < 1.29 is 14.3 Å². The zero-order valence-electron chi connectivity index (χ0n) is 12.4. The van der Waals surface area contributed by atoms with Gasteiger partial charge in [0.2, 0.25) is 5.91 Å². The van der Waals surface area contributed by atoms with E-state index in [2.05, 4.69) is 10.3 Å². The standard InChI is InChI=1S/C16H19ClN2O3/c1-10(20)18-7-13-4-12-5-14(17)16(6-15(12)19-13)22-9-11-2-3-21-8-11/h4-6,11,19H,2-3,7-9H2,1H3,(H,18,20)/t11-/m0/s1. The van der Waals surface area contributed by atoms with Crippen molar-refractivity contribution in [3.63, 3.8) is 0 Å². The first-order chi connectivity index (χ1) is 10.6. The molecule has 1 fully saturated rings. The van der Waals surface area contributed by atoms with Crippen LogP contribution in [-0.2, 0) is 16.1 Å². The molecule has 2 heterocycles. The number of rotatable bonds is 5. The van der Waals surface area contributed by atoms with Gasteiger partial charge in [-0.25, -0.2) is 0 Å². The predicted octanol–water partition coefficient (Wildman–Crippen LogP) is 2.87. The number of hydrogen-bond donors (Lipinski definition) is 2.